The summed E-state index contributed by atoms with van der Waals surface area (Å²) in [6, 6.07) is 3.00. The van der Waals surface area contributed by atoms with Crippen LogP contribution in [0.1, 0.15) is 59.3 Å². The summed E-state index contributed by atoms with van der Waals surface area (Å²) >= 11 is 1.61. The first-order valence-electron chi connectivity index (χ1n) is 13.0. The number of carbonyl (C=O) groups excluding carboxylic acids is 4. The van der Waals surface area contributed by atoms with E-state index in [1.807, 2.05) is 22.4 Å². The maximum atomic E-state index is 13.4. The Hall–Kier alpha value is -3.14. The highest BCUT2D eigenvalue weighted by atomic mass is 32.1. The van der Waals surface area contributed by atoms with Crippen LogP contribution in [0.5, 0.6) is 0 Å². The van der Waals surface area contributed by atoms with Gasteiger partial charge in [-0.05, 0) is 77.5 Å². The van der Waals surface area contributed by atoms with Crippen molar-refractivity contribution in [3.8, 4) is 0 Å². The van der Waals surface area contributed by atoms with Gasteiger partial charge in [0.1, 0.15) is 22.9 Å². The Kier molecular flexibility index (Phi) is 6.44. The van der Waals surface area contributed by atoms with Crippen LogP contribution in [0.4, 0.5) is 4.79 Å². The smallest absolute Gasteiger partial charge is 0.411 e. The molecule has 3 atom stereocenters. The van der Waals surface area contributed by atoms with Crippen molar-refractivity contribution in [2.24, 2.45) is 5.92 Å². The van der Waals surface area contributed by atoms with E-state index < -0.39 is 29.3 Å². The van der Waals surface area contributed by atoms with Crippen LogP contribution in [0.15, 0.2) is 40.4 Å². The van der Waals surface area contributed by atoms with Gasteiger partial charge >= 0.3 is 12.1 Å². The maximum Gasteiger partial charge on any atom is 0.411 e. The molecule has 2 unspecified atom stereocenters. The predicted octanol–water partition coefficient (Wildman–Crippen LogP) is 3.85. The van der Waals surface area contributed by atoms with Gasteiger partial charge in [0.2, 0.25) is 5.91 Å². The lowest BCUT2D eigenvalue weighted by Crippen LogP contribution is -2.69. The van der Waals surface area contributed by atoms with Crippen LogP contribution in [0.3, 0.4) is 0 Å². The Morgan fingerprint density at radius 3 is 2.45 bits per heavy atom. The van der Waals surface area contributed by atoms with E-state index >= 15 is 0 Å². The number of nitrogens with zero attached hydrogens (tertiary/aromatic N) is 3. The molecule has 3 saturated heterocycles. The number of likely N-dealkylation sites (tertiary alicyclic amines) is 2. The zero-order valence-corrected chi connectivity index (χ0v) is 23.6. The summed E-state index contributed by atoms with van der Waals surface area (Å²) < 4.78 is 11.3. The number of hydrogen-bond donors (Lipinski definition) is 0. The van der Waals surface area contributed by atoms with Crippen molar-refractivity contribution in [3.63, 3.8) is 0 Å². The van der Waals surface area contributed by atoms with Crippen LogP contribution in [-0.2, 0) is 30.4 Å². The molecular formula is C28H35N3O6S. The van der Waals surface area contributed by atoms with E-state index in [9.17, 15) is 19.2 Å². The van der Waals surface area contributed by atoms with E-state index in [1.165, 1.54) is 9.80 Å². The number of ether oxygens (including phenoxy) is 2. The molecule has 0 bridgehead atoms. The number of carbonyl (C=O) groups is 4. The minimum absolute atomic E-state index is 0.0637. The quantitative estimate of drug-likeness (QED) is 0.326. The Bertz CT molecular complexity index is 1240. The van der Waals surface area contributed by atoms with Gasteiger partial charge in [-0.25, -0.2) is 9.59 Å². The molecule has 4 aliphatic heterocycles. The number of hydrogen-bond acceptors (Lipinski definition) is 7. The Balaban J connectivity index is 1.45. The van der Waals surface area contributed by atoms with Gasteiger partial charge in [-0.3, -0.25) is 19.4 Å². The largest absolute Gasteiger partial charge is 0.455 e. The summed E-state index contributed by atoms with van der Waals surface area (Å²) in [6.45, 7) is 12.2. The highest BCUT2D eigenvalue weighted by Crippen LogP contribution is 2.48. The second-order valence-electron chi connectivity index (χ2n) is 12.3. The number of rotatable bonds is 4. The van der Waals surface area contributed by atoms with Crippen molar-refractivity contribution >= 4 is 35.2 Å². The molecule has 0 aliphatic carbocycles. The summed E-state index contributed by atoms with van der Waals surface area (Å²) in [6.07, 6.45) is 2.27. The molecule has 204 valence electrons. The Morgan fingerprint density at radius 1 is 1.11 bits per heavy atom. The first kappa shape index (κ1) is 26.5. The summed E-state index contributed by atoms with van der Waals surface area (Å²) in [4.78, 5) is 58.9. The van der Waals surface area contributed by atoms with Crippen LogP contribution in [0.2, 0.25) is 0 Å². The molecule has 5 rings (SSSR count). The second-order valence-corrected chi connectivity index (χ2v) is 13.4. The molecule has 0 aromatic carbocycles. The maximum absolute atomic E-state index is 13.4. The van der Waals surface area contributed by atoms with Gasteiger partial charge in [-0.1, -0.05) is 6.07 Å². The van der Waals surface area contributed by atoms with Crippen LogP contribution in [-0.4, -0.2) is 75.0 Å². The molecule has 5 heterocycles. The fourth-order valence-corrected chi connectivity index (χ4v) is 6.40. The Labute approximate surface area is 227 Å². The zero-order valence-electron chi connectivity index (χ0n) is 22.8. The molecule has 10 heteroatoms. The summed E-state index contributed by atoms with van der Waals surface area (Å²) in [7, 11) is 0. The third-order valence-corrected chi connectivity index (χ3v) is 7.96. The SMILES string of the molecule is CC(C)(C)OC(=O)C1=C(/C=C2\CCN(Cc3cccs3)C2=O)CC2CN(C(=O)OC(C)(C)C)C3C(=O)N1[C@H]23. The molecule has 4 aliphatic rings. The van der Waals surface area contributed by atoms with Gasteiger partial charge in [-0.15, -0.1) is 11.3 Å². The van der Waals surface area contributed by atoms with Crippen LogP contribution < -0.4 is 0 Å². The summed E-state index contributed by atoms with van der Waals surface area (Å²) in [5.74, 6) is -1.05. The summed E-state index contributed by atoms with van der Waals surface area (Å²) in [5, 5.41) is 1.99. The van der Waals surface area contributed by atoms with E-state index in [1.54, 1.807) is 59.0 Å². The van der Waals surface area contributed by atoms with E-state index in [-0.39, 0.29) is 29.5 Å². The normalized spacial score (nSPS) is 26.2. The zero-order chi connectivity index (χ0) is 27.6. The lowest BCUT2D eigenvalue weighted by Gasteiger charge is -2.50. The van der Waals surface area contributed by atoms with Gasteiger partial charge in [0.25, 0.3) is 5.91 Å². The van der Waals surface area contributed by atoms with E-state index in [4.69, 9.17) is 9.47 Å². The van der Waals surface area contributed by atoms with Crippen LogP contribution >= 0.6 is 11.3 Å². The molecule has 0 radical (unpaired) electrons. The highest BCUT2D eigenvalue weighted by molar-refractivity contribution is 7.09. The van der Waals surface area contributed by atoms with Crippen molar-refractivity contribution in [1.82, 2.24) is 14.7 Å². The number of amides is 3. The van der Waals surface area contributed by atoms with Gasteiger partial charge < -0.3 is 14.4 Å². The lowest BCUT2D eigenvalue weighted by atomic mass is 9.79. The molecule has 1 aromatic rings. The van der Waals surface area contributed by atoms with Crippen molar-refractivity contribution in [2.75, 3.05) is 13.1 Å². The topological polar surface area (TPSA) is 96.5 Å². The molecule has 0 saturated carbocycles. The van der Waals surface area contributed by atoms with E-state index in [0.717, 1.165) is 4.88 Å². The first-order valence-corrected chi connectivity index (χ1v) is 13.9. The number of allylic oxidation sites excluding steroid dienone is 2. The molecule has 9 nitrogen and oxygen atoms in total. The number of β-lactam (4-membered cyclic amide) rings is 1. The van der Waals surface area contributed by atoms with Crippen LogP contribution in [0, 0.1) is 5.92 Å². The Morgan fingerprint density at radius 2 is 1.82 bits per heavy atom. The van der Waals surface area contributed by atoms with Crippen LogP contribution in [0.25, 0.3) is 0 Å². The van der Waals surface area contributed by atoms with Crippen molar-refractivity contribution < 1.29 is 28.7 Å². The highest BCUT2D eigenvalue weighted by Gasteiger charge is 2.64. The average molecular weight is 542 g/mol. The molecule has 3 fully saturated rings. The summed E-state index contributed by atoms with van der Waals surface area (Å²) in [5.41, 5.74) is -0.0384. The van der Waals surface area contributed by atoms with Gasteiger partial charge in [-0.2, -0.15) is 0 Å². The third-order valence-electron chi connectivity index (χ3n) is 7.10. The molecule has 0 N–H and O–H groups in total. The molecule has 3 amide bonds. The molecular weight excluding hydrogens is 506 g/mol. The van der Waals surface area contributed by atoms with Crippen molar-refractivity contribution in [1.29, 1.82) is 0 Å². The second kappa shape index (κ2) is 9.25. The van der Waals surface area contributed by atoms with E-state index in [0.29, 0.717) is 43.6 Å². The third kappa shape index (κ3) is 4.86. The molecule has 1 aromatic heterocycles. The van der Waals surface area contributed by atoms with Gasteiger partial charge in [0.05, 0.1) is 12.6 Å². The van der Waals surface area contributed by atoms with Crippen molar-refractivity contribution in [3.05, 3.63) is 45.3 Å². The average Bonchev–Trinajstić information content (AvgIpc) is 3.50. The van der Waals surface area contributed by atoms with Crippen molar-refractivity contribution in [2.45, 2.75) is 84.2 Å². The van der Waals surface area contributed by atoms with Gasteiger partial charge in [0, 0.05) is 29.5 Å². The minimum Gasteiger partial charge on any atom is -0.455 e. The number of esters is 1. The fourth-order valence-electron chi connectivity index (χ4n) is 5.68. The fraction of sp³-hybridized carbons (Fsp3) is 0.571. The first-order chi connectivity index (χ1) is 17.7. The lowest BCUT2D eigenvalue weighted by molar-refractivity contribution is -0.163. The predicted molar refractivity (Wildman–Crippen MR) is 141 cm³/mol. The standard InChI is InChI=1S/C28H35N3O6S/c1-27(2,3)36-25(34)21-17(12-16-9-10-29(23(16)32)15-19-8-7-11-38-19)13-18-14-30(26(35)37-28(4,5)6)22-20(18)31(21)24(22)33/h7-8,11-12,18,20,22H,9-10,13-15H2,1-6H3/b16-12+/t18?,20-,22?/m1/s1. The molecule has 38 heavy (non-hydrogen) atoms. The molecule has 0 spiro atoms. The van der Waals surface area contributed by atoms with E-state index in [2.05, 4.69) is 0 Å². The number of thiophene rings is 1. The minimum atomic E-state index is -0.759. The monoisotopic (exact) mass is 541 g/mol. The van der Waals surface area contributed by atoms with Gasteiger partial charge in [0.15, 0.2) is 0 Å².